The molecule has 1 aliphatic heterocycles. The van der Waals surface area contributed by atoms with Gasteiger partial charge in [-0.25, -0.2) is 13.1 Å². The Balaban J connectivity index is 1.51. The Morgan fingerprint density at radius 3 is 2.77 bits per heavy atom. The van der Waals surface area contributed by atoms with Crippen LogP contribution in [-0.2, 0) is 26.9 Å². The molecule has 7 nitrogen and oxygen atoms in total. The molecule has 31 heavy (non-hydrogen) atoms. The highest BCUT2D eigenvalue weighted by Crippen LogP contribution is 2.31. The van der Waals surface area contributed by atoms with Crippen molar-refractivity contribution in [3.05, 3.63) is 70.4 Å². The van der Waals surface area contributed by atoms with Gasteiger partial charge in [0.1, 0.15) is 5.58 Å². The third-order valence-corrected chi connectivity index (χ3v) is 6.92. The first kappa shape index (κ1) is 22.3. The standard InChI is InChI=1S/C21H23BClNO6S/c23-17-9-14(8-15(10-17)19-6-3-7-29-19)13-31(27,28)24-21(22(25)26)11-16-12-30-20-5-2-1-4-18(16)20/h1-2,4-5,8-10,12,19,21,24-26H,3,6-7,11,13H2/t19?,21-/m0/s1. The van der Waals surface area contributed by atoms with Gasteiger partial charge in [0.15, 0.2) is 0 Å². The van der Waals surface area contributed by atoms with E-state index in [1.165, 1.54) is 6.26 Å². The number of furan rings is 1. The van der Waals surface area contributed by atoms with Crippen LogP contribution in [0, 0.1) is 0 Å². The van der Waals surface area contributed by atoms with Crippen LogP contribution >= 0.6 is 11.6 Å². The van der Waals surface area contributed by atoms with E-state index in [0.717, 1.165) is 23.8 Å². The Hall–Kier alpha value is -1.88. The van der Waals surface area contributed by atoms with E-state index >= 15 is 0 Å². The molecule has 164 valence electrons. The fraction of sp³-hybridized carbons (Fsp3) is 0.333. The zero-order valence-corrected chi connectivity index (χ0v) is 18.3. The van der Waals surface area contributed by atoms with Gasteiger partial charge >= 0.3 is 7.12 Å². The van der Waals surface area contributed by atoms with Crippen molar-refractivity contribution in [3.8, 4) is 0 Å². The Labute approximate surface area is 186 Å². The Kier molecular flexibility index (Phi) is 6.71. The number of para-hydroxylation sites is 1. The number of benzene rings is 2. The summed E-state index contributed by atoms with van der Waals surface area (Å²) >= 11 is 6.20. The lowest BCUT2D eigenvalue weighted by Gasteiger charge is -2.18. The van der Waals surface area contributed by atoms with E-state index in [-0.39, 0.29) is 18.3 Å². The maximum absolute atomic E-state index is 12.8. The molecule has 1 aliphatic rings. The van der Waals surface area contributed by atoms with Gasteiger partial charge in [-0.1, -0.05) is 35.9 Å². The van der Waals surface area contributed by atoms with E-state index in [2.05, 4.69) is 4.72 Å². The van der Waals surface area contributed by atoms with Gasteiger partial charge in [0.2, 0.25) is 10.0 Å². The summed E-state index contributed by atoms with van der Waals surface area (Å²) in [5.74, 6) is -1.48. The van der Waals surface area contributed by atoms with E-state index in [0.29, 0.717) is 28.3 Å². The van der Waals surface area contributed by atoms with Crippen molar-refractivity contribution in [3.63, 3.8) is 0 Å². The summed E-state index contributed by atoms with van der Waals surface area (Å²) < 4.78 is 39.2. The predicted molar refractivity (Wildman–Crippen MR) is 119 cm³/mol. The number of fused-ring (bicyclic) bond motifs is 1. The van der Waals surface area contributed by atoms with Crippen LogP contribution in [-0.4, -0.2) is 38.1 Å². The van der Waals surface area contributed by atoms with Crippen molar-refractivity contribution in [2.75, 3.05) is 6.61 Å². The average molecular weight is 464 g/mol. The Bertz CT molecular complexity index is 1160. The van der Waals surface area contributed by atoms with Crippen LogP contribution in [0.2, 0.25) is 5.02 Å². The van der Waals surface area contributed by atoms with Crippen LogP contribution in [0.1, 0.15) is 35.6 Å². The minimum atomic E-state index is -3.89. The maximum Gasteiger partial charge on any atom is 0.471 e. The van der Waals surface area contributed by atoms with E-state index in [9.17, 15) is 18.5 Å². The van der Waals surface area contributed by atoms with Gasteiger partial charge in [0, 0.05) is 17.0 Å². The lowest BCUT2D eigenvalue weighted by molar-refractivity contribution is 0.112. The van der Waals surface area contributed by atoms with Crippen LogP contribution in [0.5, 0.6) is 0 Å². The van der Waals surface area contributed by atoms with Crippen LogP contribution < -0.4 is 4.72 Å². The van der Waals surface area contributed by atoms with Gasteiger partial charge in [-0.3, -0.25) is 0 Å². The van der Waals surface area contributed by atoms with Gasteiger partial charge in [-0.05, 0) is 54.2 Å². The highest BCUT2D eigenvalue weighted by molar-refractivity contribution is 7.88. The third kappa shape index (κ3) is 5.49. The molecule has 3 aromatic rings. The van der Waals surface area contributed by atoms with Gasteiger partial charge in [0.05, 0.1) is 24.1 Å². The SMILES string of the molecule is O=S(=O)(Cc1cc(Cl)cc(C2CCCO2)c1)N[C@@H](Cc1coc2ccccc12)B(O)O. The number of hydrogen-bond donors (Lipinski definition) is 3. The topological polar surface area (TPSA) is 109 Å². The molecule has 0 aliphatic carbocycles. The molecular formula is C21H23BClNO6S. The second-order valence-electron chi connectivity index (χ2n) is 7.75. The van der Waals surface area contributed by atoms with Gasteiger partial charge in [0.25, 0.3) is 0 Å². The smallest absolute Gasteiger partial charge is 0.464 e. The number of halogens is 1. The summed E-state index contributed by atoms with van der Waals surface area (Å²) in [7, 11) is -5.78. The average Bonchev–Trinajstić information content (AvgIpc) is 3.37. The van der Waals surface area contributed by atoms with E-state index in [4.69, 9.17) is 20.8 Å². The van der Waals surface area contributed by atoms with Crippen molar-refractivity contribution in [1.82, 2.24) is 4.72 Å². The van der Waals surface area contributed by atoms with Crippen molar-refractivity contribution in [2.45, 2.75) is 37.1 Å². The molecule has 4 rings (SSSR count). The summed E-state index contributed by atoms with van der Waals surface area (Å²) in [6.07, 6.45) is 3.28. The van der Waals surface area contributed by atoms with Gasteiger partial charge in [-0.2, -0.15) is 0 Å². The second-order valence-corrected chi connectivity index (χ2v) is 9.94. The summed E-state index contributed by atoms with van der Waals surface area (Å²) in [5, 5.41) is 20.8. The molecule has 0 amide bonds. The van der Waals surface area contributed by atoms with Crippen LogP contribution in [0.3, 0.4) is 0 Å². The zero-order chi connectivity index (χ0) is 22.0. The molecule has 0 spiro atoms. The number of rotatable bonds is 8. The van der Waals surface area contributed by atoms with Crippen molar-refractivity contribution >= 4 is 39.7 Å². The lowest BCUT2D eigenvalue weighted by atomic mass is 9.77. The molecular weight excluding hydrogens is 441 g/mol. The molecule has 10 heteroatoms. The maximum atomic E-state index is 12.8. The molecule has 3 N–H and O–H groups in total. The fourth-order valence-electron chi connectivity index (χ4n) is 3.91. The Morgan fingerprint density at radius 2 is 2.03 bits per heavy atom. The minimum Gasteiger partial charge on any atom is -0.464 e. The van der Waals surface area contributed by atoms with E-state index < -0.39 is 23.1 Å². The quantitative estimate of drug-likeness (QED) is 0.443. The van der Waals surface area contributed by atoms with E-state index in [1.54, 1.807) is 24.3 Å². The summed E-state index contributed by atoms with van der Waals surface area (Å²) in [5.41, 5.74) is 2.68. The summed E-state index contributed by atoms with van der Waals surface area (Å²) in [6.45, 7) is 0.672. The molecule has 2 atom stereocenters. The molecule has 1 unspecified atom stereocenters. The summed E-state index contributed by atoms with van der Waals surface area (Å²) in [6, 6.07) is 12.4. The third-order valence-electron chi connectivity index (χ3n) is 5.33. The summed E-state index contributed by atoms with van der Waals surface area (Å²) in [4.78, 5) is 0. The van der Waals surface area contributed by atoms with Crippen LogP contribution in [0.15, 0.2) is 53.1 Å². The molecule has 1 saturated heterocycles. The molecule has 0 saturated carbocycles. The van der Waals surface area contributed by atoms with Gasteiger partial charge < -0.3 is 19.2 Å². The first-order chi connectivity index (χ1) is 14.8. The number of sulfonamides is 1. The van der Waals surface area contributed by atoms with Crippen molar-refractivity contribution < 1.29 is 27.6 Å². The van der Waals surface area contributed by atoms with E-state index in [1.807, 2.05) is 18.2 Å². The van der Waals surface area contributed by atoms with Crippen LogP contribution in [0.4, 0.5) is 0 Å². The fourth-order valence-corrected chi connectivity index (χ4v) is 5.53. The van der Waals surface area contributed by atoms with Gasteiger partial charge in [-0.15, -0.1) is 0 Å². The highest BCUT2D eigenvalue weighted by Gasteiger charge is 2.30. The van der Waals surface area contributed by atoms with Crippen molar-refractivity contribution in [1.29, 1.82) is 0 Å². The molecule has 0 bridgehead atoms. The normalized spacial score (nSPS) is 17.8. The molecule has 0 radical (unpaired) electrons. The monoisotopic (exact) mass is 463 g/mol. The predicted octanol–water partition coefficient (Wildman–Crippen LogP) is 2.98. The molecule has 1 fully saturated rings. The number of hydrogen-bond acceptors (Lipinski definition) is 6. The molecule has 1 aromatic heterocycles. The van der Waals surface area contributed by atoms with Crippen LogP contribution in [0.25, 0.3) is 11.0 Å². The number of nitrogens with one attached hydrogen (secondary N) is 1. The molecule has 2 heterocycles. The number of ether oxygens (including phenoxy) is 1. The largest absolute Gasteiger partial charge is 0.471 e. The zero-order valence-electron chi connectivity index (χ0n) is 16.7. The molecule has 2 aromatic carbocycles. The van der Waals surface area contributed by atoms with Crippen molar-refractivity contribution in [2.24, 2.45) is 0 Å². The second kappa shape index (κ2) is 9.32. The first-order valence-electron chi connectivity index (χ1n) is 10.0. The highest BCUT2D eigenvalue weighted by atomic mass is 35.5. The Morgan fingerprint density at radius 1 is 1.23 bits per heavy atom. The first-order valence-corrected chi connectivity index (χ1v) is 12.1. The lowest BCUT2D eigenvalue weighted by Crippen LogP contribution is -2.48. The minimum absolute atomic E-state index is 0.0601.